The molecule has 0 spiro atoms. The molecule has 4 nitrogen and oxygen atoms in total. The smallest absolute Gasteiger partial charge is 0.157 e. The SMILES string of the molecule is CO/N=C/c1cccc(COc2c(Cl)cc(OCC=C(Cl)Cl)cc2Cl)c1. The summed E-state index contributed by atoms with van der Waals surface area (Å²) in [5.41, 5.74) is 1.82. The van der Waals surface area contributed by atoms with E-state index in [0.717, 1.165) is 11.1 Å². The van der Waals surface area contributed by atoms with E-state index >= 15 is 0 Å². The van der Waals surface area contributed by atoms with E-state index in [2.05, 4.69) is 9.99 Å². The van der Waals surface area contributed by atoms with Gasteiger partial charge in [-0.25, -0.2) is 0 Å². The van der Waals surface area contributed by atoms with E-state index in [1.54, 1.807) is 18.3 Å². The van der Waals surface area contributed by atoms with Gasteiger partial charge in [-0.2, -0.15) is 0 Å². The van der Waals surface area contributed by atoms with Gasteiger partial charge in [-0.15, -0.1) is 0 Å². The van der Waals surface area contributed by atoms with Crippen LogP contribution in [0.5, 0.6) is 11.5 Å². The molecule has 0 amide bonds. The van der Waals surface area contributed by atoms with E-state index in [1.165, 1.54) is 13.2 Å². The van der Waals surface area contributed by atoms with Crippen LogP contribution in [-0.4, -0.2) is 19.9 Å². The maximum Gasteiger partial charge on any atom is 0.157 e. The van der Waals surface area contributed by atoms with Crippen molar-refractivity contribution < 1.29 is 14.3 Å². The summed E-state index contributed by atoms with van der Waals surface area (Å²) in [7, 11) is 1.49. The van der Waals surface area contributed by atoms with Crippen molar-refractivity contribution in [3.8, 4) is 11.5 Å². The van der Waals surface area contributed by atoms with Crippen LogP contribution < -0.4 is 9.47 Å². The monoisotopic (exact) mass is 433 g/mol. The number of halogens is 4. The lowest BCUT2D eigenvalue weighted by Gasteiger charge is -2.12. The van der Waals surface area contributed by atoms with E-state index in [9.17, 15) is 0 Å². The van der Waals surface area contributed by atoms with Crippen LogP contribution in [0.25, 0.3) is 0 Å². The van der Waals surface area contributed by atoms with Crippen molar-refractivity contribution in [2.24, 2.45) is 5.16 Å². The third-order valence-corrected chi connectivity index (χ3v) is 3.97. The fourth-order valence-corrected chi connectivity index (χ4v) is 2.69. The molecule has 2 aromatic carbocycles. The van der Waals surface area contributed by atoms with Gasteiger partial charge >= 0.3 is 0 Å². The Kier molecular flexibility index (Phi) is 8.39. The van der Waals surface area contributed by atoms with E-state index < -0.39 is 0 Å². The molecular formula is C18H15Cl4NO3. The van der Waals surface area contributed by atoms with Crippen LogP contribution in [0.15, 0.2) is 52.1 Å². The van der Waals surface area contributed by atoms with Gasteiger partial charge in [0.05, 0.1) is 16.3 Å². The molecule has 2 aromatic rings. The van der Waals surface area contributed by atoms with Crippen molar-refractivity contribution in [1.82, 2.24) is 0 Å². The summed E-state index contributed by atoms with van der Waals surface area (Å²) >= 11 is 23.6. The number of benzene rings is 2. The Bertz CT molecular complexity index is 782. The summed E-state index contributed by atoms with van der Waals surface area (Å²) in [4.78, 5) is 4.67. The minimum absolute atomic E-state index is 0.125. The summed E-state index contributed by atoms with van der Waals surface area (Å²) in [6.07, 6.45) is 3.12. The van der Waals surface area contributed by atoms with Gasteiger partial charge in [0.1, 0.15) is 30.6 Å². The van der Waals surface area contributed by atoms with Gasteiger partial charge in [0.25, 0.3) is 0 Å². The highest BCUT2D eigenvalue weighted by molar-refractivity contribution is 6.55. The zero-order valence-electron chi connectivity index (χ0n) is 13.7. The summed E-state index contributed by atoms with van der Waals surface area (Å²) in [6.45, 7) is 0.490. The molecule has 0 aliphatic carbocycles. The van der Waals surface area contributed by atoms with Gasteiger partial charge in [0.15, 0.2) is 5.75 Å². The van der Waals surface area contributed by atoms with Crippen molar-refractivity contribution in [3.05, 3.63) is 68.1 Å². The van der Waals surface area contributed by atoms with Gasteiger partial charge in [-0.05, 0) is 23.3 Å². The molecular weight excluding hydrogens is 420 g/mol. The first-order valence-corrected chi connectivity index (χ1v) is 8.92. The van der Waals surface area contributed by atoms with Crippen molar-refractivity contribution >= 4 is 52.6 Å². The van der Waals surface area contributed by atoms with Gasteiger partial charge in [0, 0.05) is 12.1 Å². The number of nitrogens with zero attached hydrogens (tertiary/aromatic N) is 1. The van der Waals surface area contributed by atoms with Crippen LogP contribution in [0, 0.1) is 0 Å². The zero-order valence-corrected chi connectivity index (χ0v) is 16.7. The Morgan fingerprint density at radius 3 is 2.46 bits per heavy atom. The lowest BCUT2D eigenvalue weighted by Crippen LogP contribution is -1.99. The molecule has 0 aromatic heterocycles. The van der Waals surface area contributed by atoms with Crippen LogP contribution in [0.4, 0.5) is 0 Å². The normalized spacial score (nSPS) is 10.7. The summed E-state index contributed by atoms with van der Waals surface area (Å²) in [6, 6.07) is 10.9. The molecule has 0 N–H and O–H groups in total. The summed E-state index contributed by atoms with van der Waals surface area (Å²) in [5, 5.41) is 4.41. The van der Waals surface area contributed by atoms with Gasteiger partial charge in [-0.3, -0.25) is 0 Å². The third-order valence-electron chi connectivity index (χ3n) is 3.10. The Morgan fingerprint density at radius 1 is 1.08 bits per heavy atom. The van der Waals surface area contributed by atoms with Crippen molar-refractivity contribution in [2.45, 2.75) is 6.61 Å². The van der Waals surface area contributed by atoms with Crippen LogP contribution in [0.3, 0.4) is 0 Å². The lowest BCUT2D eigenvalue weighted by atomic mass is 10.1. The molecule has 0 atom stereocenters. The molecule has 0 heterocycles. The highest BCUT2D eigenvalue weighted by Crippen LogP contribution is 2.37. The zero-order chi connectivity index (χ0) is 18.9. The first-order chi connectivity index (χ1) is 12.5. The van der Waals surface area contributed by atoms with Crippen molar-refractivity contribution in [2.75, 3.05) is 13.7 Å². The number of ether oxygens (including phenoxy) is 2. The van der Waals surface area contributed by atoms with Gasteiger partial charge in [-0.1, -0.05) is 69.8 Å². The molecule has 0 unspecified atom stereocenters. The molecule has 0 saturated heterocycles. The lowest BCUT2D eigenvalue weighted by molar-refractivity contribution is 0.215. The molecule has 26 heavy (non-hydrogen) atoms. The maximum atomic E-state index is 6.25. The Hall–Kier alpha value is -1.59. The first kappa shape index (κ1) is 20.7. The Labute approximate surface area is 171 Å². The second kappa shape index (κ2) is 10.5. The van der Waals surface area contributed by atoms with Crippen LogP contribution in [0.1, 0.15) is 11.1 Å². The second-order valence-corrected chi connectivity index (χ2v) is 6.79. The predicted molar refractivity (Wildman–Crippen MR) is 107 cm³/mol. The van der Waals surface area contributed by atoms with E-state index in [0.29, 0.717) is 28.2 Å². The quantitative estimate of drug-likeness (QED) is 0.364. The third kappa shape index (κ3) is 6.61. The van der Waals surface area contributed by atoms with E-state index in [-0.39, 0.29) is 11.1 Å². The average Bonchev–Trinajstić information content (AvgIpc) is 2.59. The molecule has 138 valence electrons. The van der Waals surface area contributed by atoms with E-state index in [4.69, 9.17) is 55.9 Å². The molecule has 0 saturated carbocycles. The average molecular weight is 435 g/mol. The highest BCUT2D eigenvalue weighted by atomic mass is 35.5. The van der Waals surface area contributed by atoms with Crippen molar-refractivity contribution in [1.29, 1.82) is 0 Å². The van der Waals surface area contributed by atoms with Crippen molar-refractivity contribution in [3.63, 3.8) is 0 Å². The molecule has 0 aliphatic heterocycles. The molecule has 2 rings (SSSR count). The molecule has 0 fully saturated rings. The van der Waals surface area contributed by atoms with Crippen LogP contribution in [-0.2, 0) is 11.4 Å². The minimum atomic E-state index is 0.125. The topological polar surface area (TPSA) is 40.0 Å². The van der Waals surface area contributed by atoms with Gasteiger partial charge < -0.3 is 14.3 Å². The largest absolute Gasteiger partial charge is 0.489 e. The Balaban J connectivity index is 2.05. The predicted octanol–water partition coefficient (Wildman–Crippen LogP) is 6.25. The fraction of sp³-hybridized carbons (Fsp3) is 0.167. The highest BCUT2D eigenvalue weighted by Gasteiger charge is 2.11. The van der Waals surface area contributed by atoms with Gasteiger partial charge in [0.2, 0.25) is 0 Å². The Morgan fingerprint density at radius 2 is 1.81 bits per heavy atom. The molecule has 0 radical (unpaired) electrons. The molecule has 8 heteroatoms. The summed E-state index contributed by atoms with van der Waals surface area (Å²) in [5.74, 6) is 0.860. The van der Waals surface area contributed by atoms with E-state index in [1.807, 2.05) is 24.3 Å². The number of hydrogen-bond acceptors (Lipinski definition) is 4. The van der Waals surface area contributed by atoms with Crippen LogP contribution >= 0.6 is 46.4 Å². The number of oxime groups is 1. The first-order valence-electron chi connectivity index (χ1n) is 7.41. The number of hydrogen-bond donors (Lipinski definition) is 0. The standard InChI is InChI=1S/C18H15Cl4NO3/c1-24-23-10-12-3-2-4-13(7-12)11-26-18-15(19)8-14(9-16(18)20)25-6-5-17(21)22/h2-5,7-10H,6,11H2,1H3/b23-10+. The summed E-state index contributed by atoms with van der Waals surface area (Å²) < 4.78 is 11.3. The second-order valence-electron chi connectivity index (χ2n) is 4.97. The maximum absolute atomic E-state index is 6.25. The number of rotatable bonds is 8. The molecule has 0 bridgehead atoms. The molecule has 0 aliphatic rings. The fourth-order valence-electron chi connectivity index (χ4n) is 1.99. The van der Waals surface area contributed by atoms with Crippen LogP contribution in [0.2, 0.25) is 10.0 Å². The minimum Gasteiger partial charge on any atom is -0.489 e.